The molecule has 2 aromatic rings. The summed E-state index contributed by atoms with van der Waals surface area (Å²) in [5.74, 6) is -2.11. The fourth-order valence-corrected chi connectivity index (χ4v) is 1.62. The Morgan fingerprint density at radius 2 is 2.05 bits per heavy atom. The summed E-state index contributed by atoms with van der Waals surface area (Å²) in [4.78, 5) is 15.1. The molecule has 1 heterocycles. The van der Waals surface area contributed by atoms with Crippen LogP contribution in [0.25, 0.3) is 5.69 Å². The van der Waals surface area contributed by atoms with Gasteiger partial charge in [0.25, 0.3) is 0 Å². The second kappa shape index (κ2) is 4.68. The number of benzene rings is 1. The van der Waals surface area contributed by atoms with Gasteiger partial charge in [-0.1, -0.05) is 0 Å². The van der Waals surface area contributed by atoms with Gasteiger partial charge in [-0.25, -0.2) is 18.6 Å². The quantitative estimate of drug-likeness (QED) is 0.843. The maximum Gasteiger partial charge on any atom is 0.360 e. The molecule has 0 saturated heterocycles. The highest BCUT2D eigenvalue weighted by Crippen LogP contribution is 2.22. The zero-order chi connectivity index (χ0) is 14.2. The number of hydrogen-bond donors (Lipinski definition) is 1. The van der Waals surface area contributed by atoms with Crippen molar-refractivity contribution >= 4 is 11.8 Å². The van der Waals surface area contributed by atoms with Crippen LogP contribution < -0.4 is 5.73 Å². The van der Waals surface area contributed by atoms with Gasteiger partial charge in [-0.05, 0) is 18.6 Å². The van der Waals surface area contributed by atoms with Crippen LogP contribution in [0.15, 0.2) is 18.5 Å². The zero-order valence-corrected chi connectivity index (χ0v) is 10.3. The van der Waals surface area contributed by atoms with Crippen LogP contribution in [0.1, 0.15) is 16.1 Å². The Hall–Kier alpha value is -2.44. The van der Waals surface area contributed by atoms with Crippen LogP contribution in [-0.2, 0) is 4.74 Å². The van der Waals surface area contributed by atoms with E-state index >= 15 is 0 Å². The second-order valence-electron chi connectivity index (χ2n) is 3.89. The zero-order valence-electron chi connectivity index (χ0n) is 10.3. The van der Waals surface area contributed by atoms with Gasteiger partial charge in [-0.2, -0.15) is 0 Å². The summed E-state index contributed by atoms with van der Waals surface area (Å²) >= 11 is 0. The molecule has 7 heteroatoms. The molecule has 0 fully saturated rings. The van der Waals surface area contributed by atoms with Crippen molar-refractivity contribution in [1.29, 1.82) is 0 Å². The van der Waals surface area contributed by atoms with E-state index in [-0.39, 0.29) is 22.8 Å². The number of aromatic nitrogens is 2. The number of nitrogen functional groups attached to an aromatic ring is 1. The summed E-state index contributed by atoms with van der Waals surface area (Å²) in [5, 5.41) is 0. The molecule has 2 rings (SSSR count). The summed E-state index contributed by atoms with van der Waals surface area (Å²) in [7, 11) is 1.17. The molecule has 0 radical (unpaired) electrons. The maximum absolute atomic E-state index is 13.8. The van der Waals surface area contributed by atoms with Crippen molar-refractivity contribution in [3.05, 3.63) is 41.4 Å². The van der Waals surface area contributed by atoms with Crippen molar-refractivity contribution in [2.75, 3.05) is 12.8 Å². The molecule has 0 unspecified atom stereocenters. The first-order valence-electron chi connectivity index (χ1n) is 5.33. The monoisotopic (exact) mass is 267 g/mol. The molecule has 0 aliphatic heterocycles. The molecule has 0 spiro atoms. The van der Waals surface area contributed by atoms with Crippen molar-refractivity contribution in [1.82, 2.24) is 9.55 Å². The van der Waals surface area contributed by atoms with Crippen molar-refractivity contribution in [2.45, 2.75) is 6.92 Å². The summed E-state index contributed by atoms with van der Waals surface area (Å²) in [6.45, 7) is 1.44. The SMILES string of the molecule is COC(=O)c1ncn(-c2cc(F)c(C)cc2F)c1N. The highest BCUT2D eigenvalue weighted by Gasteiger charge is 2.19. The number of aryl methyl sites for hydroxylation is 1. The Kier molecular flexibility index (Phi) is 3.20. The van der Waals surface area contributed by atoms with E-state index in [2.05, 4.69) is 9.72 Å². The van der Waals surface area contributed by atoms with Gasteiger partial charge in [0.1, 0.15) is 23.8 Å². The summed E-state index contributed by atoms with van der Waals surface area (Å²) in [5.41, 5.74) is 5.58. The summed E-state index contributed by atoms with van der Waals surface area (Å²) in [6.07, 6.45) is 1.13. The number of hydrogen-bond acceptors (Lipinski definition) is 4. The number of halogens is 2. The molecular formula is C12H11F2N3O2. The molecule has 0 bridgehead atoms. The molecule has 19 heavy (non-hydrogen) atoms. The minimum atomic E-state index is -0.746. The molecule has 1 aromatic heterocycles. The van der Waals surface area contributed by atoms with Crippen LogP contribution in [0.3, 0.4) is 0 Å². The van der Waals surface area contributed by atoms with E-state index in [9.17, 15) is 13.6 Å². The molecule has 0 aliphatic rings. The number of rotatable bonds is 2. The number of carbonyl (C=O) groups excluding carboxylic acids is 1. The third-order valence-electron chi connectivity index (χ3n) is 2.67. The molecule has 1 aromatic carbocycles. The molecule has 0 atom stereocenters. The van der Waals surface area contributed by atoms with Crippen molar-refractivity contribution in [3.63, 3.8) is 0 Å². The number of carbonyl (C=O) groups is 1. The molecule has 100 valence electrons. The lowest BCUT2D eigenvalue weighted by Crippen LogP contribution is -2.08. The molecule has 0 saturated carbocycles. The van der Waals surface area contributed by atoms with Crippen molar-refractivity contribution < 1.29 is 18.3 Å². The minimum Gasteiger partial charge on any atom is -0.464 e. The van der Waals surface area contributed by atoms with E-state index < -0.39 is 17.6 Å². The Balaban J connectivity index is 2.57. The number of nitrogens with two attached hydrogens (primary N) is 1. The van der Waals surface area contributed by atoms with Gasteiger partial charge in [0.2, 0.25) is 0 Å². The van der Waals surface area contributed by atoms with Crippen LogP contribution >= 0.6 is 0 Å². The lowest BCUT2D eigenvalue weighted by molar-refractivity contribution is 0.0596. The lowest BCUT2D eigenvalue weighted by atomic mass is 10.2. The van der Waals surface area contributed by atoms with E-state index in [0.717, 1.165) is 23.0 Å². The Bertz CT molecular complexity index is 653. The number of esters is 1. The van der Waals surface area contributed by atoms with Crippen LogP contribution in [0.4, 0.5) is 14.6 Å². The minimum absolute atomic E-state index is 0.117. The third kappa shape index (κ3) is 2.14. The van der Waals surface area contributed by atoms with E-state index in [1.54, 1.807) is 0 Å². The normalized spacial score (nSPS) is 10.5. The van der Waals surface area contributed by atoms with Gasteiger partial charge < -0.3 is 10.5 Å². The largest absolute Gasteiger partial charge is 0.464 e. The van der Waals surface area contributed by atoms with Crippen LogP contribution in [-0.4, -0.2) is 22.6 Å². The Morgan fingerprint density at radius 1 is 1.37 bits per heavy atom. The smallest absolute Gasteiger partial charge is 0.360 e. The molecule has 0 amide bonds. The van der Waals surface area contributed by atoms with Crippen LogP contribution in [0, 0.1) is 18.6 Å². The first kappa shape index (κ1) is 13.0. The highest BCUT2D eigenvalue weighted by molar-refractivity contribution is 5.92. The summed E-state index contributed by atoms with van der Waals surface area (Å²) < 4.78 is 32.8. The first-order valence-corrected chi connectivity index (χ1v) is 5.33. The Labute approximate surface area is 107 Å². The lowest BCUT2D eigenvalue weighted by Gasteiger charge is -2.08. The number of methoxy groups -OCH3 is 1. The average Bonchev–Trinajstić information content (AvgIpc) is 2.75. The predicted octanol–water partition coefficient (Wildman–Crippen LogP) is 1.83. The third-order valence-corrected chi connectivity index (χ3v) is 2.67. The van der Waals surface area contributed by atoms with Crippen molar-refractivity contribution in [3.8, 4) is 5.69 Å². The van der Waals surface area contributed by atoms with E-state index in [1.165, 1.54) is 14.0 Å². The van der Waals surface area contributed by atoms with E-state index in [1.807, 2.05) is 0 Å². The van der Waals surface area contributed by atoms with Gasteiger partial charge in [0.15, 0.2) is 5.69 Å². The number of imidazole rings is 1. The van der Waals surface area contributed by atoms with Crippen LogP contribution in [0.5, 0.6) is 0 Å². The molecule has 0 aliphatic carbocycles. The second-order valence-corrected chi connectivity index (χ2v) is 3.89. The highest BCUT2D eigenvalue weighted by atomic mass is 19.1. The Morgan fingerprint density at radius 3 is 2.68 bits per heavy atom. The van der Waals surface area contributed by atoms with Gasteiger partial charge in [0.05, 0.1) is 12.8 Å². The molecule has 5 nitrogen and oxygen atoms in total. The molecule has 2 N–H and O–H groups in total. The number of ether oxygens (including phenoxy) is 1. The van der Waals surface area contributed by atoms with Crippen molar-refractivity contribution in [2.24, 2.45) is 0 Å². The van der Waals surface area contributed by atoms with Crippen LogP contribution in [0.2, 0.25) is 0 Å². The number of anilines is 1. The van der Waals surface area contributed by atoms with E-state index in [4.69, 9.17) is 5.73 Å². The number of nitrogens with zero attached hydrogens (tertiary/aromatic N) is 2. The van der Waals surface area contributed by atoms with E-state index in [0.29, 0.717) is 0 Å². The average molecular weight is 267 g/mol. The fraction of sp³-hybridized carbons (Fsp3) is 0.167. The topological polar surface area (TPSA) is 70.1 Å². The van der Waals surface area contributed by atoms with Gasteiger partial charge >= 0.3 is 5.97 Å². The van der Waals surface area contributed by atoms with Gasteiger partial charge in [-0.3, -0.25) is 4.57 Å². The summed E-state index contributed by atoms with van der Waals surface area (Å²) in [6, 6.07) is 2.03. The predicted molar refractivity (Wildman–Crippen MR) is 64.0 cm³/mol. The van der Waals surface area contributed by atoms with Gasteiger partial charge in [-0.15, -0.1) is 0 Å². The standard InChI is InChI=1S/C12H11F2N3O2/c1-6-3-8(14)9(4-7(6)13)17-5-16-10(11(17)15)12(18)19-2/h3-5H,15H2,1-2H3. The maximum atomic E-state index is 13.8. The fourth-order valence-electron chi connectivity index (χ4n) is 1.62. The van der Waals surface area contributed by atoms with Gasteiger partial charge in [0, 0.05) is 6.07 Å². The first-order chi connectivity index (χ1) is 8.95. The molecular weight excluding hydrogens is 256 g/mol.